The van der Waals surface area contributed by atoms with Gasteiger partial charge in [0.05, 0.1) is 6.20 Å². The highest BCUT2D eigenvalue weighted by atomic mass is 32.2. The van der Waals surface area contributed by atoms with Gasteiger partial charge in [-0.3, -0.25) is 5.10 Å². The van der Waals surface area contributed by atoms with Crippen molar-refractivity contribution in [1.82, 2.24) is 19.8 Å². The van der Waals surface area contributed by atoms with Crippen LogP contribution in [0.3, 0.4) is 0 Å². The number of aromatic amines is 1. The molecule has 1 aromatic rings. The van der Waals surface area contributed by atoms with Gasteiger partial charge in [-0.1, -0.05) is 13.8 Å². The summed E-state index contributed by atoms with van der Waals surface area (Å²) < 4.78 is 27.3. The Morgan fingerprint density at radius 2 is 2.24 bits per heavy atom. The molecule has 2 N–H and O–H groups in total. The van der Waals surface area contributed by atoms with Crippen molar-refractivity contribution >= 4 is 10.0 Å². The van der Waals surface area contributed by atoms with Gasteiger partial charge < -0.3 is 5.32 Å². The molecular weight excluding hydrogens is 288 g/mol. The molecule has 7 heteroatoms. The molecule has 2 fully saturated rings. The van der Waals surface area contributed by atoms with E-state index in [1.807, 2.05) is 0 Å². The third-order valence-electron chi connectivity index (χ3n) is 4.30. The van der Waals surface area contributed by atoms with Crippen LogP contribution in [0, 0.1) is 5.41 Å². The van der Waals surface area contributed by atoms with Crippen LogP contribution in [-0.4, -0.2) is 42.1 Å². The molecule has 0 spiro atoms. The van der Waals surface area contributed by atoms with Gasteiger partial charge in [-0.25, -0.2) is 8.42 Å². The Morgan fingerprint density at radius 3 is 2.90 bits per heavy atom. The number of nitrogens with zero attached hydrogens (tertiary/aromatic N) is 2. The van der Waals surface area contributed by atoms with Crippen molar-refractivity contribution in [2.75, 3.05) is 13.1 Å². The van der Waals surface area contributed by atoms with Crippen LogP contribution in [0.15, 0.2) is 11.2 Å². The summed E-state index contributed by atoms with van der Waals surface area (Å²) in [6, 6.07) is 0.546. The van der Waals surface area contributed by atoms with Crippen LogP contribution in [0.5, 0.6) is 0 Å². The summed E-state index contributed by atoms with van der Waals surface area (Å²) in [7, 11) is -3.47. The first-order valence-corrected chi connectivity index (χ1v) is 9.08. The van der Waals surface area contributed by atoms with Crippen LogP contribution in [-0.2, 0) is 16.6 Å². The minimum absolute atomic E-state index is 0.0395. The van der Waals surface area contributed by atoms with E-state index in [1.54, 1.807) is 10.5 Å². The summed E-state index contributed by atoms with van der Waals surface area (Å²) >= 11 is 0. The Bertz CT molecular complexity index is 604. The van der Waals surface area contributed by atoms with Gasteiger partial charge in [0.25, 0.3) is 10.0 Å². The first kappa shape index (κ1) is 15.0. The van der Waals surface area contributed by atoms with Crippen molar-refractivity contribution in [1.29, 1.82) is 0 Å². The molecule has 1 aliphatic heterocycles. The van der Waals surface area contributed by atoms with Gasteiger partial charge in [0.2, 0.25) is 0 Å². The number of sulfonamides is 1. The lowest BCUT2D eigenvalue weighted by Crippen LogP contribution is -2.43. The predicted octanol–water partition coefficient (Wildman–Crippen LogP) is 1.47. The molecular formula is C14H24N4O2S. The third kappa shape index (κ3) is 3.30. The summed E-state index contributed by atoms with van der Waals surface area (Å²) in [6.45, 7) is 5.98. The van der Waals surface area contributed by atoms with Gasteiger partial charge in [-0.05, 0) is 31.1 Å². The van der Waals surface area contributed by atoms with Crippen molar-refractivity contribution in [3.05, 3.63) is 11.8 Å². The van der Waals surface area contributed by atoms with E-state index < -0.39 is 10.0 Å². The molecule has 1 aromatic heterocycles. The fourth-order valence-corrected chi connectivity index (χ4v) is 4.67. The number of piperidine rings is 1. The van der Waals surface area contributed by atoms with E-state index in [-0.39, 0.29) is 10.4 Å². The zero-order valence-corrected chi connectivity index (χ0v) is 13.5. The highest BCUT2D eigenvalue weighted by Gasteiger charge is 2.36. The lowest BCUT2D eigenvalue weighted by Gasteiger charge is -2.36. The van der Waals surface area contributed by atoms with Crippen LogP contribution in [0.25, 0.3) is 0 Å². The lowest BCUT2D eigenvalue weighted by molar-refractivity contribution is 0.186. The number of hydrogen-bond donors (Lipinski definition) is 2. The van der Waals surface area contributed by atoms with Crippen LogP contribution in [0.4, 0.5) is 0 Å². The third-order valence-corrected chi connectivity index (χ3v) is 6.16. The number of rotatable bonds is 5. The van der Waals surface area contributed by atoms with E-state index in [2.05, 4.69) is 29.4 Å². The average molecular weight is 312 g/mol. The Hall–Kier alpha value is -0.920. The highest BCUT2D eigenvalue weighted by molar-refractivity contribution is 7.89. The smallest absolute Gasteiger partial charge is 0.260 e. The molecule has 0 radical (unpaired) electrons. The van der Waals surface area contributed by atoms with Crippen LogP contribution in [0.1, 0.15) is 45.1 Å². The number of H-pyrrole nitrogens is 1. The predicted molar refractivity (Wildman–Crippen MR) is 80.2 cm³/mol. The lowest BCUT2D eigenvalue weighted by atomic mass is 9.85. The fraction of sp³-hybridized carbons (Fsp3) is 0.786. The van der Waals surface area contributed by atoms with Gasteiger partial charge in [-0.15, -0.1) is 0 Å². The van der Waals surface area contributed by atoms with Gasteiger partial charge in [0.15, 0.2) is 5.03 Å². The van der Waals surface area contributed by atoms with E-state index in [4.69, 9.17) is 0 Å². The van der Waals surface area contributed by atoms with E-state index in [9.17, 15) is 8.42 Å². The standard InChI is InChI=1S/C14H24N4O2S/c1-14(2)6-3-7-18(10-14)21(19,20)13-11(9-16-17-13)8-15-12-4-5-12/h9,12,15H,3-8,10H2,1-2H3,(H,16,17). The maximum Gasteiger partial charge on any atom is 0.260 e. The number of nitrogens with one attached hydrogen (secondary N) is 2. The van der Waals surface area contributed by atoms with E-state index >= 15 is 0 Å². The zero-order chi connectivity index (χ0) is 15.1. The van der Waals surface area contributed by atoms with Crippen molar-refractivity contribution in [2.24, 2.45) is 5.41 Å². The Morgan fingerprint density at radius 1 is 1.48 bits per heavy atom. The van der Waals surface area contributed by atoms with Gasteiger partial charge in [-0.2, -0.15) is 9.40 Å². The molecule has 1 saturated heterocycles. The number of hydrogen-bond acceptors (Lipinski definition) is 4. The van der Waals surface area contributed by atoms with Crippen LogP contribution >= 0.6 is 0 Å². The average Bonchev–Trinajstić information content (AvgIpc) is 3.11. The maximum absolute atomic E-state index is 12.8. The SMILES string of the molecule is CC1(C)CCCN(S(=O)(=O)c2[nH]ncc2CNC2CC2)C1. The molecule has 6 nitrogen and oxygen atoms in total. The summed E-state index contributed by atoms with van der Waals surface area (Å²) in [4.78, 5) is 0. The highest BCUT2D eigenvalue weighted by Crippen LogP contribution is 2.32. The van der Waals surface area contributed by atoms with Crippen molar-refractivity contribution in [3.63, 3.8) is 0 Å². The molecule has 0 amide bonds. The monoisotopic (exact) mass is 312 g/mol. The summed E-state index contributed by atoms with van der Waals surface area (Å²) in [6.07, 6.45) is 5.96. The largest absolute Gasteiger partial charge is 0.310 e. The molecule has 0 aromatic carbocycles. The van der Waals surface area contributed by atoms with E-state index in [0.29, 0.717) is 25.7 Å². The molecule has 0 bridgehead atoms. The Labute approximate surface area is 126 Å². The van der Waals surface area contributed by atoms with Gasteiger partial charge >= 0.3 is 0 Å². The van der Waals surface area contributed by atoms with Crippen molar-refractivity contribution in [3.8, 4) is 0 Å². The molecule has 1 aliphatic carbocycles. The normalized spacial score (nSPS) is 23.3. The first-order chi connectivity index (χ1) is 9.88. The molecule has 1 saturated carbocycles. The molecule has 3 rings (SSSR count). The van der Waals surface area contributed by atoms with Crippen molar-refractivity contribution < 1.29 is 8.42 Å². The second-order valence-electron chi connectivity index (χ2n) is 6.99. The Kier molecular flexibility index (Phi) is 3.83. The molecule has 0 unspecified atom stereocenters. The summed E-state index contributed by atoms with van der Waals surface area (Å²) in [5, 5.41) is 10.2. The zero-order valence-electron chi connectivity index (χ0n) is 12.7. The molecule has 118 valence electrons. The second-order valence-corrected chi connectivity index (χ2v) is 8.86. The van der Waals surface area contributed by atoms with Gasteiger partial charge in [0.1, 0.15) is 0 Å². The number of aromatic nitrogens is 2. The Balaban J connectivity index is 1.79. The van der Waals surface area contributed by atoms with Crippen molar-refractivity contribution in [2.45, 2.75) is 57.1 Å². The first-order valence-electron chi connectivity index (χ1n) is 7.64. The van der Waals surface area contributed by atoms with Gasteiger partial charge in [0, 0.05) is 31.2 Å². The van der Waals surface area contributed by atoms with Crippen LogP contribution in [0.2, 0.25) is 0 Å². The van der Waals surface area contributed by atoms with E-state index in [1.165, 1.54) is 12.8 Å². The topological polar surface area (TPSA) is 78.1 Å². The second kappa shape index (κ2) is 5.37. The van der Waals surface area contributed by atoms with E-state index in [0.717, 1.165) is 18.4 Å². The minimum Gasteiger partial charge on any atom is -0.310 e. The quantitative estimate of drug-likeness (QED) is 0.863. The summed E-state index contributed by atoms with van der Waals surface area (Å²) in [5.74, 6) is 0. The molecule has 21 heavy (non-hydrogen) atoms. The molecule has 0 atom stereocenters. The maximum atomic E-state index is 12.8. The fourth-order valence-electron chi connectivity index (χ4n) is 2.89. The summed E-state index contributed by atoms with van der Waals surface area (Å²) in [5.41, 5.74) is 0.780. The molecule has 2 heterocycles. The molecule has 2 aliphatic rings. The van der Waals surface area contributed by atoms with Crippen LogP contribution < -0.4 is 5.32 Å². The minimum atomic E-state index is -3.47.